The molecule has 1 rings (SSSR count). The molecule has 100 valence electrons. The summed E-state index contributed by atoms with van der Waals surface area (Å²) in [5, 5.41) is 3.18. The Labute approximate surface area is 105 Å². The van der Waals surface area contributed by atoms with Crippen LogP contribution in [0, 0.1) is 5.92 Å². The fourth-order valence-electron chi connectivity index (χ4n) is 2.37. The summed E-state index contributed by atoms with van der Waals surface area (Å²) in [5.74, 6) is 1.03. The van der Waals surface area contributed by atoms with Crippen molar-refractivity contribution in [2.75, 3.05) is 46.8 Å². The number of carbonyl (C=O) groups excluding carboxylic acids is 1. The van der Waals surface area contributed by atoms with Crippen molar-refractivity contribution in [2.45, 2.75) is 26.2 Å². The summed E-state index contributed by atoms with van der Waals surface area (Å²) >= 11 is 0. The largest absolute Gasteiger partial charge is 0.342 e. The molecule has 1 N–H and O–H groups in total. The van der Waals surface area contributed by atoms with Crippen LogP contribution in [0.1, 0.15) is 26.2 Å². The number of hydrogen-bond acceptors (Lipinski definition) is 3. The van der Waals surface area contributed by atoms with E-state index in [1.807, 2.05) is 4.90 Å². The lowest BCUT2D eigenvalue weighted by Crippen LogP contribution is -2.44. The number of nitrogens with zero attached hydrogens (tertiary/aromatic N) is 2. The minimum atomic E-state index is 0.266. The van der Waals surface area contributed by atoms with Gasteiger partial charge >= 0.3 is 0 Å². The Hall–Kier alpha value is -0.610. The van der Waals surface area contributed by atoms with Gasteiger partial charge in [-0.3, -0.25) is 4.79 Å². The molecule has 1 saturated heterocycles. The van der Waals surface area contributed by atoms with Crippen LogP contribution in [-0.4, -0.2) is 62.5 Å². The zero-order valence-corrected chi connectivity index (χ0v) is 11.5. The van der Waals surface area contributed by atoms with Crippen LogP contribution < -0.4 is 5.32 Å². The van der Waals surface area contributed by atoms with E-state index in [9.17, 15) is 4.79 Å². The molecule has 0 aliphatic carbocycles. The third-order valence-electron chi connectivity index (χ3n) is 3.29. The van der Waals surface area contributed by atoms with Gasteiger partial charge in [0.15, 0.2) is 0 Å². The van der Waals surface area contributed by atoms with E-state index >= 15 is 0 Å². The number of amides is 1. The second kappa shape index (κ2) is 7.67. The molecule has 4 nitrogen and oxygen atoms in total. The number of likely N-dealkylation sites (tertiary alicyclic amines) is 1. The molecule has 0 unspecified atom stereocenters. The lowest BCUT2D eigenvalue weighted by Gasteiger charge is -2.33. The summed E-state index contributed by atoms with van der Waals surface area (Å²) in [5.41, 5.74) is 0. The summed E-state index contributed by atoms with van der Waals surface area (Å²) in [4.78, 5) is 16.1. The minimum Gasteiger partial charge on any atom is -0.342 e. The van der Waals surface area contributed by atoms with E-state index in [1.165, 1.54) is 0 Å². The molecule has 0 bridgehead atoms. The molecule has 1 aliphatic rings. The smallest absolute Gasteiger partial charge is 0.236 e. The van der Waals surface area contributed by atoms with Gasteiger partial charge in [-0.25, -0.2) is 0 Å². The van der Waals surface area contributed by atoms with Crippen molar-refractivity contribution in [2.24, 2.45) is 5.92 Å². The van der Waals surface area contributed by atoms with Gasteiger partial charge in [0, 0.05) is 19.6 Å². The van der Waals surface area contributed by atoms with Crippen LogP contribution in [-0.2, 0) is 4.79 Å². The zero-order chi connectivity index (χ0) is 12.7. The average Bonchev–Trinajstić information content (AvgIpc) is 2.29. The van der Waals surface area contributed by atoms with Crippen molar-refractivity contribution in [3.05, 3.63) is 0 Å². The number of carbonyl (C=O) groups is 1. The highest BCUT2D eigenvalue weighted by atomic mass is 16.2. The van der Waals surface area contributed by atoms with Crippen LogP contribution in [0.15, 0.2) is 0 Å². The number of hydrogen-bond donors (Lipinski definition) is 1. The summed E-state index contributed by atoms with van der Waals surface area (Å²) in [6, 6.07) is 0. The SMILES string of the molecule is CCCNCC(=O)N1CCC(CN(C)C)CC1. The first-order valence-electron chi connectivity index (χ1n) is 6.76. The molecule has 0 aromatic heterocycles. The Bertz CT molecular complexity index is 223. The first-order chi connectivity index (χ1) is 8.13. The Morgan fingerprint density at radius 3 is 2.53 bits per heavy atom. The quantitative estimate of drug-likeness (QED) is 0.698. The van der Waals surface area contributed by atoms with Crippen LogP contribution in [0.4, 0.5) is 0 Å². The van der Waals surface area contributed by atoms with Gasteiger partial charge in [-0.05, 0) is 45.8 Å². The van der Waals surface area contributed by atoms with Crippen LogP contribution in [0.2, 0.25) is 0 Å². The molecule has 1 aliphatic heterocycles. The van der Waals surface area contributed by atoms with E-state index in [1.54, 1.807) is 0 Å². The molecule has 0 aromatic carbocycles. The number of rotatable bonds is 6. The van der Waals surface area contributed by atoms with E-state index in [0.717, 1.165) is 51.4 Å². The predicted octanol–water partition coefficient (Wildman–Crippen LogP) is 0.786. The molecule has 1 heterocycles. The maximum atomic E-state index is 11.9. The van der Waals surface area contributed by atoms with E-state index in [4.69, 9.17) is 0 Å². The van der Waals surface area contributed by atoms with Gasteiger partial charge in [0.05, 0.1) is 6.54 Å². The van der Waals surface area contributed by atoms with Gasteiger partial charge in [-0.1, -0.05) is 6.92 Å². The number of nitrogens with one attached hydrogen (secondary N) is 1. The summed E-state index contributed by atoms with van der Waals surface area (Å²) in [6.07, 6.45) is 3.38. The molecule has 0 saturated carbocycles. The molecule has 17 heavy (non-hydrogen) atoms. The van der Waals surface area contributed by atoms with E-state index in [-0.39, 0.29) is 5.91 Å². The van der Waals surface area contributed by atoms with Gasteiger partial charge in [-0.15, -0.1) is 0 Å². The molecule has 0 spiro atoms. The minimum absolute atomic E-state index is 0.266. The molecule has 4 heteroatoms. The molecule has 0 aromatic rings. The molecule has 0 radical (unpaired) electrons. The fraction of sp³-hybridized carbons (Fsp3) is 0.923. The lowest BCUT2D eigenvalue weighted by molar-refractivity contribution is -0.131. The van der Waals surface area contributed by atoms with Crippen LogP contribution in [0.5, 0.6) is 0 Å². The van der Waals surface area contributed by atoms with Gasteiger partial charge in [0.1, 0.15) is 0 Å². The maximum Gasteiger partial charge on any atom is 0.236 e. The summed E-state index contributed by atoms with van der Waals surface area (Å²) in [6.45, 7) is 6.58. The highest BCUT2D eigenvalue weighted by Crippen LogP contribution is 2.17. The molecule has 0 atom stereocenters. The maximum absolute atomic E-state index is 11.9. The van der Waals surface area contributed by atoms with Crippen molar-refractivity contribution in [3.8, 4) is 0 Å². The Kier molecular flexibility index (Phi) is 6.52. The van der Waals surface area contributed by atoms with Gasteiger partial charge in [0.2, 0.25) is 5.91 Å². The van der Waals surface area contributed by atoms with Gasteiger partial charge in [0.25, 0.3) is 0 Å². The van der Waals surface area contributed by atoms with Crippen LogP contribution in [0.3, 0.4) is 0 Å². The summed E-state index contributed by atoms with van der Waals surface area (Å²) in [7, 11) is 4.23. The average molecular weight is 241 g/mol. The third-order valence-corrected chi connectivity index (χ3v) is 3.29. The second-order valence-electron chi connectivity index (χ2n) is 5.26. The van der Waals surface area contributed by atoms with Crippen LogP contribution >= 0.6 is 0 Å². The zero-order valence-electron chi connectivity index (χ0n) is 11.5. The fourth-order valence-corrected chi connectivity index (χ4v) is 2.37. The highest BCUT2D eigenvalue weighted by Gasteiger charge is 2.22. The lowest BCUT2D eigenvalue weighted by atomic mass is 9.96. The van der Waals surface area contributed by atoms with Crippen molar-refractivity contribution in [1.29, 1.82) is 0 Å². The van der Waals surface area contributed by atoms with E-state index in [0.29, 0.717) is 6.54 Å². The number of piperidine rings is 1. The Morgan fingerprint density at radius 1 is 1.35 bits per heavy atom. The van der Waals surface area contributed by atoms with Crippen molar-refractivity contribution in [1.82, 2.24) is 15.1 Å². The Balaban J connectivity index is 2.19. The van der Waals surface area contributed by atoms with E-state index in [2.05, 4.69) is 31.2 Å². The van der Waals surface area contributed by atoms with E-state index < -0.39 is 0 Å². The standard InChI is InChI=1S/C13H27N3O/c1-4-7-14-10-13(17)16-8-5-12(6-9-16)11-15(2)3/h12,14H,4-11H2,1-3H3. The molecule has 1 amide bonds. The molecule has 1 fully saturated rings. The second-order valence-corrected chi connectivity index (χ2v) is 5.26. The highest BCUT2D eigenvalue weighted by molar-refractivity contribution is 5.78. The molecular weight excluding hydrogens is 214 g/mol. The molecular formula is C13H27N3O. The van der Waals surface area contributed by atoms with Crippen molar-refractivity contribution >= 4 is 5.91 Å². The van der Waals surface area contributed by atoms with Crippen molar-refractivity contribution in [3.63, 3.8) is 0 Å². The topological polar surface area (TPSA) is 35.6 Å². The summed E-state index contributed by atoms with van der Waals surface area (Å²) < 4.78 is 0. The monoisotopic (exact) mass is 241 g/mol. The Morgan fingerprint density at radius 2 is 2.00 bits per heavy atom. The van der Waals surface area contributed by atoms with Gasteiger partial charge < -0.3 is 15.1 Å². The van der Waals surface area contributed by atoms with Crippen molar-refractivity contribution < 1.29 is 4.79 Å². The first kappa shape index (κ1) is 14.5. The first-order valence-corrected chi connectivity index (χ1v) is 6.76. The third kappa shape index (κ3) is 5.50. The predicted molar refractivity (Wildman–Crippen MR) is 71.0 cm³/mol. The van der Waals surface area contributed by atoms with Gasteiger partial charge in [-0.2, -0.15) is 0 Å². The van der Waals surface area contributed by atoms with Crippen LogP contribution in [0.25, 0.3) is 0 Å². The normalized spacial score (nSPS) is 17.8.